The van der Waals surface area contributed by atoms with Crippen LogP contribution < -0.4 is 0 Å². The Morgan fingerprint density at radius 2 is 1.88 bits per heavy atom. The normalized spacial score (nSPS) is 27.1. The molecule has 130 valence electrons. The monoisotopic (exact) mass is 365 g/mol. The van der Waals surface area contributed by atoms with Crippen LogP contribution in [0.3, 0.4) is 0 Å². The summed E-state index contributed by atoms with van der Waals surface area (Å²) >= 11 is 12.1. The Kier molecular flexibility index (Phi) is 6.05. The smallest absolute Gasteiger partial charge is 0.0672 e. The number of hydrogen-bond donors (Lipinski definition) is 0. The van der Waals surface area contributed by atoms with Crippen molar-refractivity contribution in [1.29, 1.82) is 5.26 Å². The molecule has 0 amide bonds. The summed E-state index contributed by atoms with van der Waals surface area (Å²) in [5.41, 5.74) is 1.18. The second-order valence-corrected chi connectivity index (χ2v) is 8.08. The fourth-order valence-electron chi connectivity index (χ4n) is 4.08. The van der Waals surface area contributed by atoms with Crippen LogP contribution >= 0.6 is 23.2 Å². The third-order valence-corrected chi connectivity index (χ3v) is 6.38. The number of likely N-dealkylation sites (tertiary alicyclic amines) is 2. The maximum absolute atomic E-state index is 9.66. The molecule has 3 rings (SSSR count). The molecule has 2 aliphatic heterocycles. The van der Waals surface area contributed by atoms with Crippen LogP contribution in [-0.2, 0) is 6.42 Å². The number of piperidine rings is 2. The number of halogens is 2. The van der Waals surface area contributed by atoms with E-state index in [0.29, 0.717) is 22.0 Å². The first kappa shape index (κ1) is 18.0. The molecule has 2 atom stereocenters. The van der Waals surface area contributed by atoms with Crippen LogP contribution in [0.15, 0.2) is 18.2 Å². The molecule has 0 spiro atoms. The molecule has 0 bridgehead atoms. The predicted octanol–water partition coefficient (Wildman–Crippen LogP) is 4.09. The van der Waals surface area contributed by atoms with E-state index >= 15 is 0 Å². The van der Waals surface area contributed by atoms with E-state index in [4.69, 9.17) is 23.2 Å². The summed E-state index contributed by atoms with van der Waals surface area (Å²) in [7, 11) is 2.19. The van der Waals surface area contributed by atoms with E-state index in [1.165, 1.54) is 31.5 Å². The number of benzene rings is 1. The third kappa shape index (κ3) is 4.24. The van der Waals surface area contributed by atoms with Gasteiger partial charge in [-0.1, -0.05) is 29.3 Å². The Hall–Kier alpha value is -0.790. The van der Waals surface area contributed by atoms with Gasteiger partial charge in [0.1, 0.15) is 0 Å². The lowest BCUT2D eigenvalue weighted by Gasteiger charge is -2.43. The third-order valence-electron chi connectivity index (χ3n) is 5.64. The van der Waals surface area contributed by atoms with Crippen LogP contribution in [0.5, 0.6) is 0 Å². The quantitative estimate of drug-likeness (QED) is 0.807. The molecule has 0 N–H and O–H groups in total. The fraction of sp³-hybridized carbons (Fsp3) is 0.632. The second-order valence-electron chi connectivity index (χ2n) is 7.27. The van der Waals surface area contributed by atoms with Gasteiger partial charge in [0, 0.05) is 12.6 Å². The van der Waals surface area contributed by atoms with Gasteiger partial charge in [-0.05, 0) is 76.0 Å². The lowest BCUT2D eigenvalue weighted by atomic mass is 9.81. The molecule has 24 heavy (non-hydrogen) atoms. The van der Waals surface area contributed by atoms with Gasteiger partial charge in [-0.2, -0.15) is 5.26 Å². The van der Waals surface area contributed by atoms with Gasteiger partial charge in [0.2, 0.25) is 0 Å². The predicted molar refractivity (Wildman–Crippen MR) is 99.5 cm³/mol. The molecular weight excluding hydrogens is 341 g/mol. The standard InChI is InChI=1S/C19H25Cl2N3/c1-23-7-5-17(6-8-23)24-9-4-15(16(12-22)13-24)10-14-2-3-18(20)19(21)11-14/h2-3,11,15-17H,4-10,13H2,1H3/t15-,16-/m1/s1. The van der Waals surface area contributed by atoms with Crippen molar-refractivity contribution in [3.63, 3.8) is 0 Å². The van der Waals surface area contributed by atoms with E-state index < -0.39 is 0 Å². The highest BCUT2D eigenvalue weighted by Crippen LogP contribution is 2.31. The molecule has 2 aliphatic rings. The highest BCUT2D eigenvalue weighted by molar-refractivity contribution is 6.42. The van der Waals surface area contributed by atoms with E-state index in [9.17, 15) is 5.26 Å². The molecule has 1 aromatic carbocycles. The van der Waals surface area contributed by atoms with Crippen molar-refractivity contribution in [3.05, 3.63) is 33.8 Å². The number of rotatable bonds is 3. The van der Waals surface area contributed by atoms with Crippen molar-refractivity contribution in [2.75, 3.05) is 33.2 Å². The fourth-order valence-corrected chi connectivity index (χ4v) is 4.40. The summed E-state index contributed by atoms with van der Waals surface area (Å²) in [6, 6.07) is 9.06. The summed E-state index contributed by atoms with van der Waals surface area (Å²) in [6.07, 6.45) is 4.46. The van der Waals surface area contributed by atoms with Crippen LogP contribution in [0.4, 0.5) is 0 Å². The van der Waals surface area contributed by atoms with Crippen LogP contribution in [0.1, 0.15) is 24.8 Å². The Morgan fingerprint density at radius 3 is 2.54 bits per heavy atom. The summed E-state index contributed by atoms with van der Waals surface area (Å²) in [5, 5.41) is 10.9. The Labute approximate surface area is 155 Å². The Morgan fingerprint density at radius 1 is 1.12 bits per heavy atom. The Balaban J connectivity index is 1.61. The molecule has 0 aromatic heterocycles. The molecule has 3 nitrogen and oxygen atoms in total. The summed E-state index contributed by atoms with van der Waals surface area (Å²) < 4.78 is 0. The molecule has 0 aliphatic carbocycles. The molecule has 0 saturated carbocycles. The zero-order valence-corrected chi connectivity index (χ0v) is 15.7. The minimum absolute atomic E-state index is 0.104. The largest absolute Gasteiger partial charge is 0.306 e. The molecule has 2 saturated heterocycles. The molecule has 2 heterocycles. The zero-order valence-electron chi connectivity index (χ0n) is 14.2. The second kappa shape index (κ2) is 8.06. The topological polar surface area (TPSA) is 30.3 Å². The highest BCUT2D eigenvalue weighted by atomic mass is 35.5. The molecule has 0 radical (unpaired) electrons. The number of nitriles is 1. The van der Waals surface area contributed by atoms with Gasteiger partial charge in [0.25, 0.3) is 0 Å². The van der Waals surface area contributed by atoms with Gasteiger partial charge < -0.3 is 4.90 Å². The highest BCUT2D eigenvalue weighted by Gasteiger charge is 2.33. The molecule has 0 unspecified atom stereocenters. The zero-order chi connectivity index (χ0) is 17.1. The minimum Gasteiger partial charge on any atom is -0.306 e. The van der Waals surface area contributed by atoms with E-state index in [0.717, 1.165) is 25.9 Å². The summed E-state index contributed by atoms with van der Waals surface area (Å²) in [5.74, 6) is 0.516. The van der Waals surface area contributed by atoms with E-state index in [2.05, 4.69) is 22.9 Å². The van der Waals surface area contributed by atoms with Crippen molar-refractivity contribution >= 4 is 23.2 Å². The van der Waals surface area contributed by atoms with E-state index in [-0.39, 0.29) is 5.92 Å². The minimum atomic E-state index is 0.104. The number of nitrogens with zero attached hydrogens (tertiary/aromatic N) is 3. The van der Waals surface area contributed by atoms with Gasteiger partial charge in [-0.3, -0.25) is 4.90 Å². The van der Waals surface area contributed by atoms with Gasteiger partial charge in [-0.25, -0.2) is 0 Å². The van der Waals surface area contributed by atoms with Gasteiger partial charge in [0.15, 0.2) is 0 Å². The lowest BCUT2D eigenvalue weighted by Crippen LogP contribution is -2.49. The van der Waals surface area contributed by atoms with Gasteiger partial charge in [-0.15, -0.1) is 0 Å². The van der Waals surface area contributed by atoms with Gasteiger partial charge >= 0.3 is 0 Å². The first-order chi connectivity index (χ1) is 11.6. The molecular formula is C19H25Cl2N3. The maximum Gasteiger partial charge on any atom is 0.0672 e. The molecule has 1 aromatic rings. The van der Waals surface area contributed by atoms with Gasteiger partial charge in [0.05, 0.1) is 22.0 Å². The van der Waals surface area contributed by atoms with Crippen molar-refractivity contribution in [2.45, 2.75) is 31.7 Å². The summed E-state index contributed by atoms with van der Waals surface area (Å²) in [6.45, 7) is 4.37. The lowest BCUT2D eigenvalue weighted by molar-refractivity contribution is 0.0670. The van der Waals surface area contributed by atoms with E-state index in [1.807, 2.05) is 18.2 Å². The average Bonchev–Trinajstić information content (AvgIpc) is 2.59. The Bertz CT molecular complexity index is 605. The first-order valence-electron chi connectivity index (χ1n) is 8.83. The molecule has 5 heteroatoms. The van der Waals surface area contributed by atoms with Crippen molar-refractivity contribution in [3.8, 4) is 6.07 Å². The van der Waals surface area contributed by atoms with Crippen LogP contribution in [0.25, 0.3) is 0 Å². The van der Waals surface area contributed by atoms with E-state index in [1.54, 1.807) is 0 Å². The summed E-state index contributed by atoms with van der Waals surface area (Å²) in [4.78, 5) is 4.96. The maximum atomic E-state index is 9.66. The first-order valence-corrected chi connectivity index (χ1v) is 9.58. The number of hydrogen-bond acceptors (Lipinski definition) is 3. The van der Waals surface area contributed by atoms with Crippen molar-refractivity contribution < 1.29 is 0 Å². The van der Waals surface area contributed by atoms with Crippen LogP contribution in [0, 0.1) is 23.2 Å². The van der Waals surface area contributed by atoms with Crippen molar-refractivity contribution in [2.24, 2.45) is 11.8 Å². The SMILES string of the molecule is CN1CCC(N2CC[C@H](Cc3ccc(Cl)c(Cl)c3)[C@H](C#N)C2)CC1. The average molecular weight is 366 g/mol. The van der Waals surface area contributed by atoms with Crippen molar-refractivity contribution in [1.82, 2.24) is 9.80 Å². The molecule has 2 fully saturated rings. The van der Waals surface area contributed by atoms with Crippen LogP contribution in [0.2, 0.25) is 10.0 Å². The van der Waals surface area contributed by atoms with Crippen LogP contribution in [-0.4, -0.2) is 49.1 Å².